The van der Waals surface area contributed by atoms with Gasteiger partial charge in [0.15, 0.2) is 3.61 Å². The van der Waals surface area contributed by atoms with Crippen molar-refractivity contribution in [2.24, 2.45) is 0 Å². The van der Waals surface area contributed by atoms with Gasteiger partial charge in [-0.2, -0.15) is 0 Å². The van der Waals surface area contributed by atoms with Crippen molar-refractivity contribution in [1.29, 1.82) is 3.56 Å². The van der Waals surface area contributed by atoms with E-state index in [9.17, 15) is 0 Å². The Balaban J connectivity index is 2.31. The molecule has 1 aliphatic rings. The highest BCUT2D eigenvalue weighted by atomic mass is 127. The third kappa shape index (κ3) is 1.33. The van der Waals surface area contributed by atoms with Crippen molar-refractivity contribution in [3.05, 3.63) is 28.5 Å². The molecule has 0 bridgehead atoms. The van der Waals surface area contributed by atoms with Gasteiger partial charge < -0.3 is 4.74 Å². The summed E-state index contributed by atoms with van der Waals surface area (Å²) >= 11 is 2.75. The molecule has 2 aromatic heterocycles. The Kier molecular flexibility index (Phi) is 2.22. The Hall–Kier alpha value is -0.270. The molecule has 0 fully saturated rings. The zero-order valence-electron chi connectivity index (χ0n) is 7.91. The van der Waals surface area contributed by atoms with Crippen LogP contribution in [0.4, 0.5) is 0 Å². The average Bonchev–Trinajstić information content (AvgIpc) is 2.83. The van der Waals surface area contributed by atoms with E-state index in [1.54, 1.807) is 22.7 Å². The Labute approximate surface area is 106 Å². The van der Waals surface area contributed by atoms with Crippen molar-refractivity contribution < 1.29 is 4.74 Å². The van der Waals surface area contributed by atoms with E-state index in [1.807, 2.05) is 13.0 Å². The molecule has 0 spiro atoms. The second kappa shape index (κ2) is 3.36. The van der Waals surface area contributed by atoms with Gasteiger partial charge in [0, 0.05) is 26.6 Å². The summed E-state index contributed by atoms with van der Waals surface area (Å²) in [7, 11) is 0. The maximum absolute atomic E-state index is 7.75. The van der Waals surface area contributed by atoms with Crippen LogP contribution in [0, 0.1) is 3.56 Å². The van der Waals surface area contributed by atoms with Crippen LogP contribution in [-0.4, -0.2) is 0 Å². The van der Waals surface area contributed by atoms with E-state index < -0.39 is 21.0 Å². The maximum Gasteiger partial charge on any atom is 0.194 e. The standard InChI is InChI=1S/C10H8INOS2/c1-10(11-12)6-2-4-14-8(6)9-7(13-10)3-5-15-9/h2-5,12H,1H3. The molecule has 0 saturated heterocycles. The monoisotopic (exact) mass is 349 g/mol. The number of rotatable bonds is 1. The zero-order valence-corrected chi connectivity index (χ0v) is 11.7. The summed E-state index contributed by atoms with van der Waals surface area (Å²) in [6.45, 7) is 2.04. The van der Waals surface area contributed by atoms with E-state index in [4.69, 9.17) is 8.30 Å². The molecule has 1 unspecified atom stereocenters. The summed E-state index contributed by atoms with van der Waals surface area (Å²) in [4.78, 5) is 2.54. The van der Waals surface area contributed by atoms with Crippen molar-refractivity contribution in [1.82, 2.24) is 0 Å². The van der Waals surface area contributed by atoms with Crippen molar-refractivity contribution in [3.63, 3.8) is 0 Å². The van der Waals surface area contributed by atoms with Gasteiger partial charge in [-0.05, 0) is 29.8 Å². The van der Waals surface area contributed by atoms with Gasteiger partial charge in [0.25, 0.3) is 0 Å². The molecular formula is C10H8INOS2. The third-order valence-electron chi connectivity index (χ3n) is 2.46. The van der Waals surface area contributed by atoms with E-state index in [2.05, 4.69) is 16.8 Å². The summed E-state index contributed by atoms with van der Waals surface area (Å²) in [6, 6.07) is 4.12. The van der Waals surface area contributed by atoms with E-state index in [0.717, 1.165) is 5.75 Å². The van der Waals surface area contributed by atoms with Gasteiger partial charge in [0.05, 0.1) is 9.75 Å². The van der Waals surface area contributed by atoms with Gasteiger partial charge in [-0.25, -0.2) is 0 Å². The molecule has 78 valence electrons. The summed E-state index contributed by atoms with van der Waals surface area (Å²) < 4.78 is 13.4. The van der Waals surface area contributed by atoms with Crippen LogP contribution in [-0.2, 0) is 3.61 Å². The summed E-state index contributed by atoms with van der Waals surface area (Å²) in [6.07, 6.45) is 0. The van der Waals surface area contributed by atoms with Crippen LogP contribution in [0.3, 0.4) is 0 Å². The highest BCUT2D eigenvalue weighted by Crippen LogP contribution is 2.53. The lowest BCUT2D eigenvalue weighted by molar-refractivity contribution is 0.205. The largest absolute Gasteiger partial charge is 0.470 e. The fourth-order valence-corrected chi connectivity index (χ4v) is 4.98. The fourth-order valence-electron chi connectivity index (χ4n) is 1.71. The second-order valence-corrected chi connectivity index (χ2v) is 7.82. The van der Waals surface area contributed by atoms with E-state index in [1.165, 1.54) is 15.3 Å². The minimum Gasteiger partial charge on any atom is -0.470 e. The molecule has 3 heterocycles. The summed E-state index contributed by atoms with van der Waals surface area (Å²) in [5.74, 6) is 0.962. The van der Waals surface area contributed by atoms with Crippen molar-refractivity contribution in [3.8, 4) is 15.5 Å². The van der Waals surface area contributed by atoms with Crippen LogP contribution >= 0.6 is 43.7 Å². The highest BCUT2D eigenvalue weighted by molar-refractivity contribution is 14.1. The number of hydrogen-bond donors (Lipinski definition) is 1. The fraction of sp³-hybridized carbons (Fsp3) is 0.200. The smallest absolute Gasteiger partial charge is 0.194 e. The molecule has 3 rings (SSSR count). The quantitative estimate of drug-likeness (QED) is 0.584. The number of hydrogen-bond acceptors (Lipinski definition) is 4. The first-order valence-corrected chi connectivity index (χ1v) is 8.33. The maximum atomic E-state index is 7.75. The van der Waals surface area contributed by atoms with Crippen LogP contribution in [0.2, 0.25) is 0 Å². The Morgan fingerprint density at radius 2 is 2.00 bits per heavy atom. The van der Waals surface area contributed by atoms with E-state index in [-0.39, 0.29) is 3.61 Å². The number of fused-ring (bicyclic) bond motifs is 3. The van der Waals surface area contributed by atoms with Crippen LogP contribution < -0.4 is 4.74 Å². The van der Waals surface area contributed by atoms with E-state index >= 15 is 0 Å². The molecule has 0 aliphatic carbocycles. The van der Waals surface area contributed by atoms with Crippen LogP contribution in [0.1, 0.15) is 12.5 Å². The first kappa shape index (κ1) is 9.92. The number of ether oxygens (including phenoxy) is 1. The van der Waals surface area contributed by atoms with Gasteiger partial charge in [-0.3, -0.25) is 3.56 Å². The van der Waals surface area contributed by atoms with Gasteiger partial charge >= 0.3 is 0 Å². The van der Waals surface area contributed by atoms with Crippen molar-refractivity contribution in [2.45, 2.75) is 10.5 Å². The van der Waals surface area contributed by atoms with Crippen LogP contribution in [0.15, 0.2) is 22.9 Å². The molecule has 0 aromatic carbocycles. The average molecular weight is 349 g/mol. The molecular weight excluding hydrogens is 341 g/mol. The lowest BCUT2D eigenvalue weighted by Gasteiger charge is -2.29. The summed E-state index contributed by atoms with van der Waals surface area (Å²) in [5, 5.41) is 4.16. The van der Waals surface area contributed by atoms with Gasteiger partial charge in [0.1, 0.15) is 5.75 Å². The first-order chi connectivity index (χ1) is 7.24. The minimum atomic E-state index is -0.728. The molecule has 2 nitrogen and oxygen atoms in total. The first-order valence-electron chi connectivity index (χ1n) is 4.41. The normalized spacial score (nSPS) is 23.0. The predicted molar refractivity (Wildman–Crippen MR) is 72.4 cm³/mol. The molecule has 5 heteroatoms. The van der Waals surface area contributed by atoms with Gasteiger partial charge in [-0.1, -0.05) is 0 Å². The Morgan fingerprint density at radius 3 is 2.80 bits per heavy atom. The van der Waals surface area contributed by atoms with Crippen molar-refractivity contribution >= 4 is 43.7 Å². The van der Waals surface area contributed by atoms with Gasteiger partial charge in [-0.15, -0.1) is 22.7 Å². The number of nitrogens with one attached hydrogen (secondary N) is 1. The number of alkyl halides is 1. The second-order valence-electron chi connectivity index (χ2n) is 3.39. The molecule has 0 radical (unpaired) electrons. The molecule has 2 aromatic rings. The lowest BCUT2D eigenvalue weighted by atomic mass is 10.1. The zero-order chi connectivity index (χ0) is 10.5. The van der Waals surface area contributed by atoms with E-state index in [0.29, 0.717) is 0 Å². The predicted octanol–water partition coefficient (Wildman–Crippen LogP) is 4.77. The van der Waals surface area contributed by atoms with Crippen LogP contribution in [0.25, 0.3) is 9.75 Å². The third-order valence-corrected chi connectivity index (χ3v) is 6.27. The number of thiophene rings is 2. The molecule has 1 atom stereocenters. The Bertz CT molecular complexity index is 533. The summed E-state index contributed by atoms with van der Waals surface area (Å²) in [5.41, 5.74) is 1.21. The molecule has 1 N–H and O–H groups in total. The highest BCUT2D eigenvalue weighted by Gasteiger charge is 2.37. The van der Waals surface area contributed by atoms with Crippen LogP contribution in [0.5, 0.6) is 5.75 Å². The molecule has 0 amide bonds. The van der Waals surface area contributed by atoms with Gasteiger partial charge in [0.2, 0.25) is 0 Å². The lowest BCUT2D eigenvalue weighted by Crippen LogP contribution is -2.24. The topological polar surface area (TPSA) is 33.1 Å². The van der Waals surface area contributed by atoms with Crippen molar-refractivity contribution in [2.75, 3.05) is 0 Å². The molecule has 15 heavy (non-hydrogen) atoms. The minimum absolute atomic E-state index is 0.359. The molecule has 0 saturated carbocycles. The Morgan fingerprint density at radius 1 is 1.27 bits per heavy atom. The molecule has 1 aliphatic heterocycles. The SMILES string of the molecule is CC1(I=N)Oc2ccsc2-c2sccc21. The number of halogens is 1.